The van der Waals surface area contributed by atoms with Crippen LogP contribution in [0.5, 0.6) is 0 Å². The molecule has 1 aliphatic rings. The van der Waals surface area contributed by atoms with Crippen molar-refractivity contribution in [3.63, 3.8) is 0 Å². The average molecular weight is 430 g/mol. The maximum Gasteiger partial charge on any atom is 0.299 e. The predicted octanol–water partition coefficient (Wildman–Crippen LogP) is 2.71. The third kappa shape index (κ3) is 3.93. The summed E-state index contributed by atoms with van der Waals surface area (Å²) in [6.07, 6.45) is 3.16. The molecule has 1 aromatic carbocycles. The van der Waals surface area contributed by atoms with Gasteiger partial charge in [-0.3, -0.25) is 19.2 Å². The highest BCUT2D eigenvalue weighted by Gasteiger charge is 2.33. The molecule has 1 saturated carbocycles. The van der Waals surface area contributed by atoms with Gasteiger partial charge in [0.2, 0.25) is 5.90 Å². The van der Waals surface area contributed by atoms with Crippen molar-refractivity contribution in [3.05, 3.63) is 57.2 Å². The monoisotopic (exact) mass is 429 g/mol. The summed E-state index contributed by atoms with van der Waals surface area (Å²) >= 11 is 5.95. The van der Waals surface area contributed by atoms with E-state index < -0.39 is 0 Å². The third-order valence-electron chi connectivity index (χ3n) is 5.38. The Balaban J connectivity index is 1.47. The van der Waals surface area contributed by atoms with Crippen molar-refractivity contribution >= 4 is 35.1 Å². The van der Waals surface area contributed by atoms with Gasteiger partial charge in [0, 0.05) is 18.1 Å². The van der Waals surface area contributed by atoms with Crippen LogP contribution in [0.25, 0.3) is 11.1 Å². The van der Waals surface area contributed by atoms with Gasteiger partial charge in [-0.15, -0.1) is 5.10 Å². The first-order chi connectivity index (χ1) is 14.5. The van der Waals surface area contributed by atoms with Crippen molar-refractivity contribution in [2.45, 2.75) is 38.3 Å². The lowest BCUT2D eigenvalue weighted by Crippen LogP contribution is -2.39. The molecule has 3 aromatic rings. The third-order valence-corrected chi connectivity index (χ3v) is 5.63. The number of fused-ring (bicyclic) bond motifs is 1. The number of hydrogen-bond donors (Lipinski definition) is 0. The van der Waals surface area contributed by atoms with E-state index in [1.54, 1.807) is 11.9 Å². The average Bonchev–Trinajstić information content (AvgIpc) is 3.06. The van der Waals surface area contributed by atoms with Gasteiger partial charge < -0.3 is 9.26 Å². The molecular weight excluding hydrogens is 410 g/mol. The van der Waals surface area contributed by atoms with Crippen LogP contribution in [0.2, 0.25) is 5.02 Å². The molecule has 0 atom stereocenters. The lowest BCUT2D eigenvalue weighted by atomic mass is 9.76. The van der Waals surface area contributed by atoms with Crippen LogP contribution in [0, 0.1) is 6.92 Å². The number of aryl methyl sites for hydroxylation is 1. The van der Waals surface area contributed by atoms with Gasteiger partial charge in [-0.25, -0.2) is 4.98 Å². The molecule has 0 amide bonds. The minimum absolute atomic E-state index is 0.0389. The van der Waals surface area contributed by atoms with Crippen molar-refractivity contribution in [1.82, 2.24) is 19.7 Å². The molecule has 10 heteroatoms. The van der Waals surface area contributed by atoms with E-state index in [1.807, 2.05) is 31.3 Å². The second-order valence-corrected chi connectivity index (χ2v) is 7.72. The number of ether oxygens (including phenoxy) is 1. The number of benzene rings is 1. The van der Waals surface area contributed by atoms with E-state index in [0.717, 1.165) is 17.9 Å². The molecule has 0 aliphatic heterocycles. The number of halogens is 1. The second kappa shape index (κ2) is 8.27. The predicted molar refractivity (Wildman–Crippen MR) is 110 cm³/mol. The number of aromatic nitrogens is 3. The number of rotatable bonds is 6. The summed E-state index contributed by atoms with van der Waals surface area (Å²) in [4.78, 5) is 27.7. The Morgan fingerprint density at radius 2 is 2.13 bits per heavy atom. The fourth-order valence-electron chi connectivity index (χ4n) is 3.57. The molecule has 9 nitrogen and oxygen atoms in total. The maximum atomic E-state index is 12.7. The fraction of sp³-hybridized carbons (Fsp3) is 0.350. The lowest BCUT2D eigenvalue weighted by molar-refractivity contribution is -0.122. The number of carbonyl (C=O) groups excluding carboxylic acids is 1. The number of hydrazone groups is 1. The van der Waals surface area contributed by atoms with Gasteiger partial charge in [0.1, 0.15) is 18.3 Å². The standard InChI is InChI=1S/C20H20ClN5O4/c1-12-18-19(30-24-12)22-10-26(20(18)28)9-17(29-11-27)23-25(2)16-7-14(8-16)13-3-5-15(21)6-4-13/h3-6,10-11,14,16H,7-9H2,1-2H3/b23-17-. The Morgan fingerprint density at radius 3 is 2.83 bits per heavy atom. The van der Waals surface area contributed by atoms with Crippen molar-refractivity contribution in [3.8, 4) is 0 Å². The Bertz CT molecular complexity index is 1150. The summed E-state index contributed by atoms with van der Waals surface area (Å²) in [5.74, 6) is 0.533. The molecule has 156 valence electrons. The summed E-state index contributed by atoms with van der Waals surface area (Å²) < 4.78 is 11.3. The van der Waals surface area contributed by atoms with Crippen LogP contribution in [-0.2, 0) is 16.1 Å². The zero-order chi connectivity index (χ0) is 21.3. The molecule has 2 aromatic heterocycles. The second-order valence-electron chi connectivity index (χ2n) is 7.28. The molecule has 0 N–H and O–H groups in total. The van der Waals surface area contributed by atoms with E-state index in [0.29, 0.717) is 23.5 Å². The van der Waals surface area contributed by atoms with Crippen LogP contribution in [-0.4, -0.2) is 45.2 Å². The molecule has 30 heavy (non-hydrogen) atoms. The summed E-state index contributed by atoms with van der Waals surface area (Å²) in [5, 5.41) is 10.9. The first-order valence-corrected chi connectivity index (χ1v) is 9.81. The molecule has 0 saturated heterocycles. The Morgan fingerprint density at radius 1 is 1.40 bits per heavy atom. The van der Waals surface area contributed by atoms with Gasteiger partial charge in [0.05, 0.1) is 5.69 Å². The Kier molecular flexibility index (Phi) is 5.54. The van der Waals surface area contributed by atoms with Crippen LogP contribution in [0.15, 0.2) is 45.0 Å². The van der Waals surface area contributed by atoms with Gasteiger partial charge in [0.25, 0.3) is 17.7 Å². The van der Waals surface area contributed by atoms with Crippen LogP contribution < -0.4 is 5.56 Å². The summed E-state index contributed by atoms with van der Waals surface area (Å²) in [6, 6.07) is 8.06. The zero-order valence-corrected chi connectivity index (χ0v) is 17.2. The topological polar surface area (TPSA) is 103 Å². The van der Waals surface area contributed by atoms with Crippen molar-refractivity contribution < 1.29 is 14.1 Å². The smallest absolute Gasteiger partial charge is 0.299 e. The first kappa shape index (κ1) is 20.1. The minimum atomic E-state index is -0.338. The SMILES string of the molecule is Cc1noc2ncn(C/C(=N/N(C)C3CC(c4ccc(Cl)cc4)C3)OC=O)c(=O)c12. The van der Waals surface area contributed by atoms with E-state index in [-0.39, 0.29) is 29.8 Å². The van der Waals surface area contributed by atoms with E-state index >= 15 is 0 Å². The van der Waals surface area contributed by atoms with Crippen molar-refractivity contribution in [2.75, 3.05) is 7.05 Å². The number of carbonyl (C=O) groups is 1. The fourth-order valence-corrected chi connectivity index (χ4v) is 3.70. The molecule has 1 aliphatic carbocycles. The van der Waals surface area contributed by atoms with Gasteiger partial charge in [-0.05, 0) is 43.4 Å². The molecule has 0 radical (unpaired) electrons. The zero-order valence-electron chi connectivity index (χ0n) is 16.5. The van der Waals surface area contributed by atoms with Gasteiger partial charge in [-0.1, -0.05) is 28.9 Å². The van der Waals surface area contributed by atoms with Gasteiger partial charge in [-0.2, -0.15) is 0 Å². The van der Waals surface area contributed by atoms with Gasteiger partial charge >= 0.3 is 0 Å². The van der Waals surface area contributed by atoms with Crippen LogP contribution >= 0.6 is 11.6 Å². The van der Waals surface area contributed by atoms with Crippen molar-refractivity contribution in [2.24, 2.45) is 5.10 Å². The van der Waals surface area contributed by atoms with Crippen molar-refractivity contribution in [1.29, 1.82) is 0 Å². The highest BCUT2D eigenvalue weighted by atomic mass is 35.5. The molecule has 0 spiro atoms. The molecule has 0 bridgehead atoms. The van der Waals surface area contributed by atoms with E-state index in [9.17, 15) is 9.59 Å². The summed E-state index contributed by atoms with van der Waals surface area (Å²) in [5.41, 5.74) is 1.53. The first-order valence-electron chi connectivity index (χ1n) is 9.43. The minimum Gasteiger partial charge on any atom is -0.410 e. The quantitative estimate of drug-likeness (QED) is 0.257. The normalized spacial score (nSPS) is 18.8. The molecule has 1 fully saturated rings. The molecule has 4 rings (SSSR count). The Labute approximate surface area is 176 Å². The summed E-state index contributed by atoms with van der Waals surface area (Å²) in [6.45, 7) is 1.92. The molecule has 0 unspecified atom stereocenters. The lowest BCUT2D eigenvalue weighted by Gasteiger charge is -2.40. The van der Waals surface area contributed by atoms with Gasteiger partial charge in [0.15, 0.2) is 0 Å². The van der Waals surface area contributed by atoms with Crippen LogP contribution in [0.4, 0.5) is 0 Å². The molecule has 2 heterocycles. The van der Waals surface area contributed by atoms with Crippen LogP contribution in [0.1, 0.15) is 30.0 Å². The number of hydrogen-bond acceptors (Lipinski definition) is 8. The van der Waals surface area contributed by atoms with E-state index in [1.165, 1.54) is 16.5 Å². The molecular formula is C20H20ClN5O4. The van der Waals surface area contributed by atoms with Crippen LogP contribution in [0.3, 0.4) is 0 Å². The number of nitrogens with zero attached hydrogens (tertiary/aromatic N) is 5. The largest absolute Gasteiger partial charge is 0.410 e. The van der Waals surface area contributed by atoms with E-state index in [4.69, 9.17) is 20.9 Å². The maximum absolute atomic E-state index is 12.7. The highest BCUT2D eigenvalue weighted by molar-refractivity contribution is 6.30. The van der Waals surface area contributed by atoms with E-state index in [2.05, 4.69) is 15.2 Å². The highest BCUT2D eigenvalue weighted by Crippen LogP contribution is 2.39. The summed E-state index contributed by atoms with van der Waals surface area (Å²) in [7, 11) is 1.82. The Hall–Kier alpha value is -3.20.